The lowest BCUT2D eigenvalue weighted by atomic mass is 10.1. The third-order valence-electron chi connectivity index (χ3n) is 2.42. The summed E-state index contributed by atoms with van der Waals surface area (Å²) in [6, 6.07) is 6.86. The summed E-state index contributed by atoms with van der Waals surface area (Å²) in [5, 5.41) is 3.49. The first-order valence-corrected chi connectivity index (χ1v) is 6.05. The van der Waals surface area contributed by atoms with E-state index in [9.17, 15) is 0 Å². The summed E-state index contributed by atoms with van der Waals surface area (Å²) in [7, 11) is 0. The fraction of sp³-hybridized carbons (Fsp3) is 0.400. The van der Waals surface area contributed by atoms with Crippen LogP contribution >= 0.6 is 31.9 Å². The maximum absolute atomic E-state index is 3.60. The van der Waals surface area contributed by atoms with E-state index in [4.69, 9.17) is 0 Å². The first kappa shape index (κ1) is 9.69. The minimum Gasteiger partial charge on any atom is -0.310 e. The number of rotatable bonds is 1. The second-order valence-electron chi connectivity index (χ2n) is 3.29. The van der Waals surface area contributed by atoms with Crippen LogP contribution in [-0.2, 0) is 0 Å². The van der Waals surface area contributed by atoms with E-state index >= 15 is 0 Å². The van der Waals surface area contributed by atoms with Crippen LogP contribution in [0.2, 0.25) is 0 Å². The van der Waals surface area contributed by atoms with E-state index in [1.807, 2.05) is 0 Å². The summed E-state index contributed by atoms with van der Waals surface area (Å²) in [4.78, 5) is 0. The van der Waals surface area contributed by atoms with Crippen LogP contribution in [0.5, 0.6) is 0 Å². The summed E-state index contributed by atoms with van der Waals surface area (Å²) in [5.41, 5.74) is 1.37. The highest BCUT2D eigenvalue weighted by Crippen LogP contribution is 2.33. The van der Waals surface area contributed by atoms with Gasteiger partial charge in [-0.2, -0.15) is 0 Å². The Bertz CT molecular complexity index is 306. The van der Waals surface area contributed by atoms with Gasteiger partial charge in [0.1, 0.15) is 0 Å². The van der Waals surface area contributed by atoms with Gasteiger partial charge in [0.15, 0.2) is 0 Å². The molecule has 1 aliphatic heterocycles. The van der Waals surface area contributed by atoms with Gasteiger partial charge in [0.05, 0.1) is 0 Å². The van der Waals surface area contributed by atoms with Gasteiger partial charge in [-0.05, 0) is 62.9 Å². The molecule has 0 saturated carbocycles. The molecule has 13 heavy (non-hydrogen) atoms. The van der Waals surface area contributed by atoms with Crippen LogP contribution in [0.15, 0.2) is 27.1 Å². The van der Waals surface area contributed by atoms with Crippen molar-refractivity contribution >= 4 is 31.9 Å². The quantitative estimate of drug-likeness (QED) is 0.835. The number of benzene rings is 1. The zero-order chi connectivity index (χ0) is 9.26. The molecular formula is C10H11Br2N. The van der Waals surface area contributed by atoms with Crippen LogP contribution in [-0.4, -0.2) is 6.54 Å². The Morgan fingerprint density at radius 2 is 2.15 bits per heavy atom. The zero-order valence-electron chi connectivity index (χ0n) is 7.19. The summed E-state index contributed by atoms with van der Waals surface area (Å²) < 4.78 is 2.33. The van der Waals surface area contributed by atoms with Crippen molar-refractivity contribution in [3.63, 3.8) is 0 Å². The van der Waals surface area contributed by atoms with Crippen molar-refractivity contribution in [1.29, 1.82) is 0 Å². The lowest BCUT2D eigenvalue weighted by Gasteiger charge is -2.13. The zero-order valence-corrected chi connectivity index (χ0v) is 10.4. The van der Waals surface area contributed by atoms with Gasteiger partial charge < -0.3 is 5.32 Å². The van der Waals surface area contributed by atoms with Crippen molar-refractivity contribution in [1.82, 2.24) is 5.32 Å². The maximum Gasteiger partial charge on any atom is 0.0365 e. The van der Waals surface area contributed by atoms with E-state index in [2.05, 4.69) is 55.4 Å². The molecule has 1 aromatic carbocycles. The van der Waals surface area contributed by atoms with Crippen molar-refractivity contribution in [3.05, 3.63) is 32.7 Å². The Morgan fingerprint density at radius 1 is 1.31 bits per heavy atom. The third kappa shape index (κ3) is 1.97. The van der Waals surface area contributed by atoms with Gasteiger partial charge in [-0.3, -0.25) is 0 Å². The molecule has 0 unspecified atom stereocenters. The van der Waals surface area contributed by atoms with Crippen molar-refractivity contribution in [3.8, 4) is 0 Å². The Labute approximate surface area is 95.2 Å². The molecular weight excluding hydrogens is 294 g/mol. The maximum atomic E-state index is 3.60. The Balaban J connectivity index is 2.33. The van der Waals surface area contributed by atoms with Crippen LogP contribution in [0.3, 0.4) is 0 Å². The molecule has 0 aliphatic carbocycles. The van der Waals surface area contributed by atoms with Crippen LogP contribution in [0, 0.1) is 0 Å². The fourth-order valence-corrected chi connectivity index (χ4v) is 2.66. The van der Waals surface area contributed by atoms with E-state index < -0.39 is 0 Å². The summed E-state index contributed by atoms with van der Waals surface area (Å²) in [6.07, 6.45) is 2.53. The monoisotopic (exact) mass is 303 g/mol. The van der Waals surface area contributed by atoms with E-state index in [1.165, 1.54) is 22.9 Å². The standard InChI is InChI=1S/C10H11Br2N/c11-8-4-1-3-7(10(8)12)9-5-2-6-13-9/h1,3-4,9,13H,2,5-6H2/t9-/m0/s1. The van der Waals surface area contributed by atoms with Crippen LogP contribution in [0.4, 0.5) is 0 Å². The van der Waals surface area contributed by atoms with Crippen LogP contribution in [0.25, 0.3) is 0 Å². The highest BCUT2D eigenvalue weighted by Gasteiger charge is 2.18. The first-order chi connectivity index (χ1) is 6.29. The van der Waals surface area contributed by atoms with Gasteiger partial charge in [-0.15, -0.1) is 0 Å². The second-order valence-corrected chi connectivity index (χ2v) is 4.94. The molecule has 3 heteroatoms. The molecule has 1 N–H and O–H groups in total. The molecule has 1 saturated heterocycles. The van der Waals surface area contributed by atoms with Crippen molar-refractivity contribution < 1.29 is 0 Å². The van der Waals surface area contributed by atoms with E-state index in [1.54, 1.807) is 0 Å². The third-order valence-corrected chi connectivity index (χ3v) is 4.50. The molecule has 1 fully saturated rings. The van der Waals surface area contributed by atoms with Gasteiger partial charge in [0, 0.05) is 15.0 Å². The Kier molecular flexibility index (Phi) is 3.06. The predicted molar refractivity (Wildman–Crippen MR) is 61.8 cm³/mol. The topological polar surface area (TPSA) is 12.0 Å². The van der Waals surface area contributed by atoms with Gasteiger partial charge in [0.2, 0.25) is 0 Å². The smallest absolute Gasteiger partial charge is 0.0365 e. The van der Waals surface area contributed by atoms with E-state index in [-0.39, 0.29) is 0 Å². The van der Waals surface area contributed by atoms with E-state index in [0.717, 1.165) is 11.0 Å². The highest BCUT2D eigenvalue weighted by atomic mass is 79.9. The number of nitrogens with one attached hydrogen (secondary N) is 1. The lowest BCUT2D eigenvalue weighted by Crippen LogP contribution is -2.13. The van der Waals surface area contributed by atoms with Crippen molar-refractivity contribution in [2.24, 2.45) is 0 Å². The molecule has 0 bridgehead atoms. The second kappa shape index (κ2) is 4.11. The molecule has 1 nitrogen and oxygen atoms in total. The molecule has 1 heterocycles. The minimum absolute atomic E-state index is 0.534. The Hall–Kier alpha value is 0.140. The average molecular weight is 305 g/mol. The average Bonchev–Trinajstić information content (AvgIpc) is 2.62. The minimum atomic E-state index is 0.534. The molecule has 1 aliphatic rings. The molecule has 0 radical (unpaired) electrons. The summed E-state index contributed by atoms with van der Waals surface area (Å²) >= 11 is 7.12. The molecule has 2 rings (SSSR count). The predicted octanol–water partition coefficient (Wildman–Crippen LogP) is 3.64. The molecule has 0 aromatic heterocycles. The number of hydrogen-bond donors (Lipinski definition) is 1. The number of hydrogen-bond acceptors (Lipinski definition) is 1. The molecule has 1 aromatic rings. The van der Waals surface area contributed by atoms with Gasteiger partial charge in [0.25, 0.3) is 0 Å². The molecule has 1 atom stereocenters. The summed E-state index contributed by atoms with van der Waals surface area (Å²) in [6.45, 7) is 1.14. The molecule has 70 valence electrons. The molecule has 0 spiro atoms. The van der Waals surface area contributed by atoms with Crippen LogP contribution < -0.4 is 5.32 Å². The summed E-state index contributed by atoms with van der Waals surface area (Å²) in [5.74, 6) is 0. The van der Waals surface area contributed by atoms with Crippen LogP contribution in [0.1, 0.15) is 24.4 Å². The first-order valence-electron chi connectivity index (χ1n) is 4.46. The van der Waals surface area contributed by atoms with Gasteiger partial charge in [-0.1, -0.05) is 12.1 Å². The Morgan fingerprint density at radius 3 is 2.85 bits per heavy atom. The SMILES string of the molecule is Brc1cccc([C@@H]2CCCN2)c1Br. The van der Waals surface area contributed by atoms with Crippen molar-refractivity contribution in [2.75, 3.05) is 6.54 Å². The lowest BCUT2D eigenvalue weighted by molar-refractivity contribution is 0.644. The van der Waals surface area contributed by atoms with Gasteiger partial charge >= 0.3 is 0 Å². The largest absolute Gasteiger partial charge is 0.310 e. The normalized spacial score (nSPS) is 22.2. The number of halogens is 2. The van der Waals surface area contributed by atoms with Gasteiger partial charge in [-0.25, -0.2) is 0 Å². The fourth-order valence-electron chi connectivity index (χ4n) is 1.74. The highest BCUT2D eigenvalue weighted by molar-refractivity contribution is 9.13. The van der Waals surface area contributed by atoms with Crippen molar-refractivity contribution in [2.45, 2.75) is 18.9 Å². The van der Waals surface area contributed by atoms with E-state index in [0.29, 0.717) is 6.04 Å². The molecule has 0 amide bonds.